The van der Waals surface area contributed by atoms with Gasteiger partial charge < -0.3 is 4.52 Å². The molecule has 0 saturated carbocycles. The summed E-state index contributed by atoms with van der Waals surface area (Å²) in [5.41, 5.74) is 0. The monoisotopic (exact) mass is 170 g/mol. The summed E-state index contributed by atoms with van der Waals surface area (Å²) >= 11 is 3.64. The molecule has 0 aromatic carbocycles. The van der Waals surface area contributed by atoms with Gasteiger partial charge in [0.25, 0.3) is 0 Å². The van der Waals surface area contributed by atoms with Crippen LogP contribution in [0.5, 0.6) is 0 Å². The summed E-state index contributed by atoms with van der Waals surface area (Å²) in [6, 6.07) is 0. The third-order valence-electron chi connectivity index (χ3n) is 0.575. The molecule has 0 aromatic rings. The molecular formula is C4H11O3PS. The average Bonchev–Trinajstić information content (AvgIpc) is 1.63. The van der Waals surface area contributed by atoms with Crippen LogP contribution in [-0.2, 0) is 13.6 Å². The predicted octanol–water partition coefficient (Wildman–Crippen LogP) is 2.10. The van der Waals surface area contributed by atoms with Crippen LogP contribution in [0.4, 0.5) is 0 Å². The first-order chi connectivity index (χ1) is 3.98. The fraction of sp³-hybridized carbons (Fsp3) is 1.00. The minimum absolute atomic E-state index is 0.117. The minimum atomic E-state index is -3.04. The molecule has 0 aliphatic carbocycles. The molecule has 0 N–H and O–H groups in total. The van der Waals surface area contributed by atoms with E-state index in [-0.39, 0.29) is 6.10 Å². The average molecular weight is 170 g/mol. The summed E-state index contributed by atoms with van der Waals surface area (Å²) in [6.45, 7) is 0.496. The van der Waals surface area contributed by atoms with E-state index in [9.17, 15) is 4.57 Å². The molecular weight excluding hydrogens is 159 g/mol. The first kappa shape index (κ1) is 9.50. The van der Waals surface area contributed by atoms with Crippen molar-refractivity contribution in [3.8, 4) is 0 Å². The molecule has 0 fully saturated rings. The maximum atomic E-state index is 10.8. The van der Waals surface area contributed by atoms with E-state index >= 15 is 0 Å². The zero-order valence-corrected chi connectivity index (χ0v) is 7.49. The van der Waals surface area contributed by atoms with E-state index in [1.165, 1.54) is 7.11 Å². The molecule has 0 aromatic heterocycles. The Kier molecular flexibility index (Phi) is 3.82. The Bertz CT molecular complexity index is 125. The quantitative estimate of drug-likeness (QED) is 0.520. The minimum Gasteiger partial charge on any atom is -0.304 e. The van der Waals surface area contributed by atoms with Crippen LogP contribution in [0.2, 0.25) is 0 Å². The van der Waals surface area contributed by atoms with Gasteiger partial charge in [-0.3, -0.25) is 4.52 Å². The fourth-order valence-corrected chi connectivity index (χ4v) is 1.49. The summed E-state index contributed by atoms with van der Waals surface area (Å²) in [7, 11) is 1.30. The molecule has 0 spiro atoms. The molecule has 0 aliphatic rings. The molecule has 0 amide bonds. The van der Waals surface area contributed by atoms with Crippen LogP contribution in [0.25, 0.3) is 0 Å². The van der Waals surface area contributed by atoms with Gasteiger partial charge >= 0.3 is 6.80 Å². The van der Waals surface area contributed by atoms with Crippen molar-refractivity contribution < 1.29 is 13.6 Å². The second-order valence-corrected chi connectivity index (χ2v) is 4.79. The molecule has 0 bridgehead atoms. The Labute approximate surface area is 60.4 Å². The maximum Gasteiger partial charge on any atom is 0.386 e. The van der Waals surface area contributed by atoms with Crippen molar-refractivity contribution >= 4 is 19.0 Å². The third kappa shape index (κ3) is 4.97. The van der Waals surface area contributed by atoms with Gasteiger partial charge in [0.1, 0.15) is 0 Å². The first-order valence-corrected chi connectivity index (χ1v) is 5.24. The highest BCUT2D eigenvalue weighted by atomic mass is 32.7. The lowest BCUT2D eigenvalue weighted by atomic mass is 10.5. The van der Waals surface area contributed by atoms with Crippen molar-refractivity contribution in [2.45, 2.75) is 20.0 Å². The highest BCUT2D eigenvalue weighted by Crippen LogP contribution is 2.52. The second kappa shape index (κ2) is 3.62. The van der Waals surface area contributed by atoms with Gasteiger partial charge in [-0.15, -0.1) is 0 Å². The Hall–Kier alpha value is 0.500. The number of hydrogen-bond acceptors (Lipinski definition) is 3. The lowest BCUT2D eigenvalue weighted by Gasteiger charge is -2.11. The van der Waals surface area contributed by atoms with Gasteiger partial charge in [-0.2, -0.15) is 0 Å². The first-order valence-electron chi connectivity index (χ1n) is 2.55. The number of rotatable bonds is 3. The van der Waals surface area contributed by atoms with Gasteiger partial charge in [0.05, 0.1) is 6.10 Å². The second-order valence-electron chi connectivity index (χ2n) is 1.81. The highest BCUT2D eigenvalue weighted by Gasteiger charge is 2.17. The van der Waals surface area contributed by atoms with Crippen LogP contribution in [0.1, 0.15) is 13.8 Å². The fourth-order valence-electron chi connectivity index (χ4n) is 0.309. The molecule has 1 atom stereocenters. The van der Waals surface area contributed by atoms with E-state index in [4.69, 9.17) is 4.52 Å². The Morgan fingerprint density at radius 3 is 2.11 bits per heavy atom. The van der Waals surface area contributed by atoms with Crippen LogP contribution < -0.4 is 0 Å². The topological polar surface area (TPSA) is 35.5 Å². The molecule has 0 rings (SSSR count). The van der Waals surface area contributed by atoms with Gasteiger partial charge in [-0.25, -0.2) is 4.57 Å². The van der Waals surface area contributed by atoms with Crippen LogP contribution >= 0.6 is 19.0 Å². The van der Waals surface area contributed by atoms with E-state index in [0.29, 0.717) is 0 Å². The van der Waals surface area contributed by atoms with Crippen molar-refractivity contribution in [2.75, 3.05) is 7.11 Å². The van der Waals surface area contributed by atoms with Crippen LogP contribution in [0.3, 0.4) is 0 Å². The Balaban J connectivity index is 3.73. The smallest absolute Gasteiger partial charge is 0.304 e. The zero-order chi connectivity index (χ0) is 7.49. The molecule has 56 valence electrons. The molecule has 5 heteroatoms. The lowest BCUT2D eigenvalue weighted by molar-refractivity contribution is 0.202. The van der Waals surface area contributed by atoms with Crippen LogP contribution in [0, 0.1) is 0 Å². The van der Waals surface area contributed by atoms with Crippen molar-refractivity contribution in [1.29, 1.82) is 0 Å². The number of thiol groups is 1. The molecule has 9 heavy (non-hydrogen) atoms. The summed E-state index contributed by atoms with van der Waals surface area (Å²) in [5, 5.41) is 0. The predicted molar refractivity (Wildman–Crippen MR) is 39.8 cm³/mol. The summed E-state index contributed by atoms with van der Waals surface area (Å²) < 4.78 is 20.0. The van der Waals surface area contributed by atoms with Gasteiger partial charge in [0.15, 0.2) is 0 Å². The van der Waals surface area contributed by atoms with E-state index < -0.39 is 6.80 Å². The summed E-state index contributed by atoms with van der Waals surface area (Å²) in [6.07, 6.45) is -0.117. The molecule has 0 radical (unpaired) electrons. The van der Waals surface area contributed by atoms with E-state index in [1.54, 1.807) is 13.8 Å². The molecule has 1 unspecified atom stereocenters. The SMILES string of the molecule is COP(=O)(S)OC(C)C. The largest absolute Gasteiger partial charge is 0.386 e. The van der Waals surface area contributed by atoms with E-state index in [0.717, 1.165) is 0 Å². The van der Waals surface area contributed by atoms with Gasteiger partial charge in [0.2, 0.25) is 0 Å². The maximum absolute atomic E-state index is 10.8. The zero-order valence-electron chi connectivity index (χ0n) is 5.70. The number of hydrogen-bond donors (Lipinski definition) is 1. The van der Waals surface area contributed by atoms with Gasteiger partial charge in [-0.05, 0) is 13.8 Å². The Morgan fingerprint density at radius 1 is 1.56 bits per heavy atom. The van der Waals surface area contributed by atoms with Crippen molar-refractivity contribution in [2.24, 2.45) is 0 Å². The van der Waals surface area contributed by atoms with Crippen LogP contribution in [0.15, 0.2) is 0 Å². The standard InChI is InChI=1S/C4H11O3PS/c1-4(2)7-8(5,9)6-3/h4H,1-3H3,(H,5,9). The van der Waals surface area contributed by atoms with Gasteiger partial charge in [-0.1, -0.05) is 12.2 Å². The third-order valence-corrected chi connectivity index (χ3v) is 2.50. The summed E-state index contributed by atoms with van der Waals surface area (Å²) in [5.74, 6) is 0. The van der Waals surface area contributed by atoms with Crippen LogP contribution in [-0.4, -0.2) is 13.2 Å². The van der Waals surface area contributed by atoms with Gasteiger partial charge in [0, 0.05) is 7.11 Å². The van der Waals surface area contributed by atoms with Crippen molar-refractivity contribution in [3.05, 3.63) is 0 Å². The van der Waals surface area contributed by atoms with E-state index in [1.807, 2.05) is 0 Å². The highest BCUT2D eigenvalue weighted by molar-refractivity contribution is 8.44. The van der Waals surface area contributed by atoms with E-state index in [2.05, 4.69) is 16.8 Å². The van der Waals surface area contributed by atoms with Crippen molar-refractivity contribution in [1.82, 2.24) is 0 Å². The molecule has 0 aliphatic heterocycles. The molecule has 0 heterocycles. The normalized spacial score (nSPS) is 17.9. The summed E-state index contributed by atoms with van der Waals surface area (Å²) in [4.78, 5) is 0. The Morgan fingerprint density at radius 2 is 2.00 bits per heavy atom. The van der Waals surface area contributed by atoms with Crippen molar-refractivity contribution in [3.63, 3.8) is 0 Å². The lowest BCUT2D eigenvalue weighted by Crippen LogP contribution is -1.97. The molecule has 3 nitrogen and oxygen atoms in total. The molecule has 0 saturated heterocycles.